The molecule has 0 atom stereocenters. The Balaban J connectivity index is 1.18. The van der Waals surface area contributed by atoms with Crippen LogP contribution in [-0.4, -0.2) is 17.6 Å². The summed E-state index contributed by atoms with van der Waals surface area (Å²) >= 11 is 0. The van der Waals surface area contributed by atoms with Crippen LogP contribution in [-0.2, 0) is 22.7 Å². The van der Waals surface area contributed by atoms with Crippen LogP contribution in [0.2, 0.25) is 0 Å². The van der Waals surface area contributed by atoms with E-state index in [-0.39, 0.29) is 45.1 Å². The molecule has 2 amide bonds. The Bertz CT molecular complexity index is 2520. The van der Waals surface area contributed by atoms with Gasteiger partial charge in [-0.2, -0.15) is 0 Å². The SMILES string of the molecule is CC(C)(C)c1ccc(Nc2ccccc2CC(=O)c2cc(C(=O)Nc3ccccc3Nc3ccc(C(C)(C)C)cc3)cc(C(=O)Nc3ccccc3Nc3ccc(C(C)(C)C)cc3)c2)cc1. The molecule has 7 aromatic carbocycles. The third-order valence-corrected chi connectivity index (χ3v) is 11.6. The van der Waals surface area contributed by atoms with Gasteiger partial charge in [0.1, 0.15) is 0 Å². The molecule has 0 heterocycles. The molecule has 0 aliphatic heterocycles. The van der Waals surface area contributed by atoms with Gasteiger partial charge in [0, 0.05) is 45.9 Å². The minimum Gasteiger partial charge on any atom is -0.355 e. The molecule has 8 heteroatoms. The Hall–Kier alpha value is -7.45. The fraction of sp³-hybridized carbons (Fsp3) is 0.224. The van der Waals surface area contributed by atoms with Crippen molar-refractivity contribution in [3.63, 3.8) is 0 Å². The first kappa shape index (κ1) is 46.5. The second-order valence-electron chi connectivity index (χ2n) is 19.9. The molecule has 0 fully saturated rings. The number of carbonyl (C=O) groups excluding carboxylic acids is 3. The standard InChI is InChI=1S/C58H61N5O3/c1-56(2,3)42-22-28-45(29-23-42)59-48-17-11-10-16-38(48)37-53(64)39-34-40(54(65)62-51-20-14-12-18-49(51)60-46-30-24-43(25-31-46)57(4,5)6)36-41(35-39)55(66)63-52-21-15-13-19-50(52)61-47-32-26-44(27-33-47)58(7,8)9/h10-36,59-61H,37H2,1-9H3,(H,62,65)(H,63,66). The largest absolute Gasteiger partial charge is 0.355 e. The van der Waals surface area contributed by atoms with E-state index in [4.69, 9.17) is 0 Å². The van der Waals surface area contributed by atoms with E-state index in [1.54, 1.807) is 12.1 Å². The zero-order valence-electron chi connectivity index (χ0n) is 39.5. The zero-order chi connectivity index (χ0) is 47.2. The molecule has 0 spiro atoms. The Morgan fingerprint density at radius 3 is 1.03 bits per heavy atom. The van der Waals surface area contributed by atoms with Crippen LogP contribution in [0.4, 0.5) is 45.5 Å². The first-order valence-corrected chi connectivity index (χ1v) is 22.5. The maximum atomic E-state index is 14.4. The Morgan fingerprint density at radius 2 is 0.667 bits per heavy atom. The van der Waals surface area contributed by atoms with Crippen molar-refractivity contribution >= 4 is 63.1 Å². The molecule has 0 aliphatic rings. The lowest BCUT2D eigenvalue weighted by molar-refractivity contribution is 0.0993. The van der Waals surface area contributed by atoms with E-state index in [1.165, 1.54) is 22.8 Å². The quantitative estimate of drug-likeness (QED) is 0.0738. The van der Waals surface area contributed by atoms with Gasteiger partial charge in [-0.1, -0.05) is 141 Å². The third kappa shape index (κ3) is 11.8. The van der Waals surface area contributed by atoms with Gasteiger partial charge >= 0.3 is 0 Å². The van der Waals surface area contributed by atoms with Gasteiger partial charge in [-0.05, 0) is 123 Å². The van der Waals surface area contributed by atoms with Crippen molar-refractivity contribution in [2.75, 3.05) is 26.6 Å². The van der Waals surface area contributed by atoms with Crippen molar-refractivity contribution in [2.24, 2.45) is 0 Å². The number of benzene rings is 7. The molecule has 7 rings (SSSR count). The van der Waals surface area contributed by atoms with Crippen molar-refractivity contribution in [1.82, 2.24) is 0 Å². The highest BCUT2D eigenvalue weighted by Crippen LogP contribution is 2.32. The fourth-order valence-corrected chi connectivity index (χ4v) is 7.54. The summed E-state index contributed by atoms with van der Waals surface area (Å²) in [5.74, 6) is -1.20. The number of para-hydroxylation sites is 5. The van der Waals surface area contributed by atoms with Crippen molar-refractivity contribution < 1.29 is 14.4 Å². The lowest BCUT2D eigenvalue weighted by Crippen LogP contribution is -2.18. The van der Waals surface area contributed by atoms with E-state index in [0.717, 1.165) is 28.3 Å². The van der Waals surface area contributed by atoms with Crippen LogP contribution < -0.4 is 26.6 Å². The van der Waals surface area contributed by atoms with Gasteiger partial charge in [0.25, 0.3) is 11.8 Å². The van der Waals surface area contributed by atoms with Gasteiger partial charge in [0.05, 0.1) is 22.7 Å². The zero-order valence-corrected chi connectivity index (χ0v) is 39.5. The highest BCUT2D eigenvalue weighted by Gasteiger charge is 2.21. The first-order valence-electron chi connectivity index (χ1n) is 22.5. The molecule has 0 bridgehead atoms. The average molecular weight is 876 g/mol. The summed E-state index contributed by atoms with van der Waals surface area (Å²) in [6.07, 6.45) is 0.0247. The third-order valence-electron chi connectivity index (χ3n) is 11.6. The molecule has 66 heavy (non-hydrogen) atoms. The second kappa shape index (κ2) is 19.3. The predicted octanol–water partition coefficient (Wildman–Crippen LogP) is 14.7. The number of Topliss-reactive ketones (excluding diaryl/α,β-unsaturated/α-hetero) is 1. The molecular weight excluding hydrogens is 815 g/mol. The summed E-state index contributed by atoms with van der Waals surface area (Å²) in [4.78, 5) is 43.1. The first-order chi connectivity index (χ1) is 31.3. The number of carbonyl (C=O) groups is 3. The number of hydrogen-bond donors (Lipinski definition) is 5. The maximum absolute atomic E-state index is 14.4. The predicted molar refractivity (Wildman–Crippen MR) is 275 cm³/mol. The number of rotatable bonds is 13. The van der Waals surface area contributed by atoms with Gasteiger partial charge in [-0.25, -0.2) is 0 Å². The van der Waals surface area contributed by atoms with Crippen molar-refractivity contribution in [3.8, 4) is 0 Å². The van der Waals surface area contributed by atoms with Crippen LogP contribution in [0.25, 0.3) is 0 Å². The summed E-state index contributed by atoms with van der Waals surface area (Å²) in [6.45, 7) is 19.6. The summed E-state index contributed by atoms with van der Waals surface area (Å²) in [5, 5.41) is 16.5. The average Bonchev–Trinajstić information content (AvgIpc) is 3.28. The van der Waals surface area contributed by atoms with E-state index >= 15 is 0 Å². The monoisotopic (exact) mass is 875 g/mol. The van der Waals surface area contributed by atoms with Crippen LogP contribution >= 0.6 is 0 Å². The van der Waals surface area contributed by atoms with Gasteiger partial charge < -0.3 is 26.6 Å². The molecule has 5 N–H and O–H groups in total. The molecule has 0 unspecified atom stereocenters. The smallest absolute Gasteiger partial charge is 0.255 e. The Morgan fingerprint density at radius 1 is 0.364 bits per heavy atom. The van der Waals surface area contributed by atoms with Crippen molar-refractivity contribution in [3.05, 3.63) is 203 Å². The minimum atomic E-state index is -0.474. The van der Waals surface area contributed by atoms with E-state index < -0.39 is 11.8 Å². The molecule has 7 aromatic rings. The second-order valence-corrected chi connectivity index (χ2v) is 19.9. The number of hydrogen-bond acceptors (Lipinski definition) is 6. The maximum Gasteiger partial charge on any atom is 0.255 e. The molecule has 8 nitrogen and oxygen atoms in total. The van der Waals surface area contributed by atoms with Gasteiger partial charge in [0.2, 0.25) is 0 Å². The molecule has 0 saturated heterocycles. The van der Waals surface area contributed by atoms with Gasteiger partial charge in [-0.15, -0.1) is 0 Å². The van der Waals surface area contributed by atoms with Gasteiger partial charge in [-0.3, -0.25) is 14.4 Å². The highest BCUT2D eigenvalue weighted by molar-refractivity contribution is 6.13. The van der Waals surface area contributed by atoms with Crippen LogP contribution in [0.3, 0.4) is 0 Å². The lowest BCUT2D eigenvalue weighted by Gasteiger charge is -2.20. The Kier molecular flexibility index (Phi) is 13.6. The lowest BCUT2D eigenvalue weighted by atomic mass is 9.87. The van der Waals surface area contributed by atoms with Crippen LogP contribution in [0.5, 0.6) is 0 Å². The van der Waals surface area contributed by atoms with Gasteiger partial charge in [0.15, 0.2) is 5.78 Å². The number of nitrogens with one attached hydrogen (secondary N) is 5. The van der Waals surface area contributed by atoms with Crippen molar-refractivity contribution in [2.45, 2.75) is 85.0 Å². The summed E-state index contributed by atoms with van der Waals surface area (Å²) in [6, 6.07) is 52.0. The molecule has 0 aliphatic carbocycles. The van der Waals surface area contributed by atoms with Crippen LogP contribution in [0.15, 0.2) is 164 Å². The molecule has 0 radical (unpaired) electrons. The Labute approximate surface area is 390 Å². The highest BCUT2D eigenvalue weighted by atomic mass is 16.2. The van der Waals surface area contributed by atoms with E-state index in [2.05, 4.69) is 125 Å². The molecular formula is C58H61N5O3. The normalized spacial score (nSPS) is 11.7. The van der Waals surface area contributed by atoms with E-state index in [0.29, 0.717) is 22.7 Å². The summed E-state index contributed by atoms with van der Waals surface area (Å²) in [5.41, 5.74) is 10.9. The minimum absolute atomic E-state index is 0.00841. The molecule has 0 saturated carbocycles. The summed E-state index contributed by atoms with van der Waals surface area (Å²) in [7, 11) is 0. The number of anilines is 8. The van der Waals surface area contributed by atoms with E-state index in [1.807, 2.05) is 109 Å². The summed E-state index contributed by atoms with van der Waals surface area (Å²) < 4.78 is 0. The van der Waals surface area contributed by atoms with E-state index in [9.17, 15) is 14.4 Å². The fourth-order valence-electron chi connectivity index (χ4n) is 7.54. The topological polar surface area (TPSA) is 111 Å². The molecule has 336 valence electrons. The van der Waals surface area contributed by atoms with Crippen LogP contribution in [0, 0.1) is 0 Å². The van der Waals surface area contributed by atoms with Crippen LogP contribution in [0.1, 0.15) is 116 Å². The number of ketones is 1. The molecule has 0 aromatic heterocycles. The number of amides is 2. The van der Waals surface area contributed by atoms with Crippen molar-refractivity contribution in [1.29, 1.82) is 0 Å².